The average molecular weight is 414 g/mol. The molecule has 1 aliphatic rings. The van der Waals surface area contributed by atoms with Gasteiger partial charge in [0.1, 0.15) is 0 Å². The maximum absolute atomic E-state index is 12.6. The molecular formula is C20H23N5O3S. The molecule has 4 N–H and O–H groups in total. The van der Waals surface area contributed by atoms with Crippen LogP contribution >= 0.6 is 0 Å². The van der Waals surface area contributed by atoms with Gasteiger partial charge in [0.2, 0.25) is 15.9 Å². The number of sulfonamides is 1. The predicted octanol–water partition coefficient (Wildman–Crippen LogP) is 2.16. The number of carbonyl (C=O) groups is 1. The summed E-state index contributed by atoms with van der Waals surface area (Å²) in [6.45, 7) is 1.83. The van der Waals surface area contributed by atoms with E-state index in [0.29, 0.717) is 5.82 Å². The summed E-state index contributed by atoms with van der Waals surface area (Å²) in [6, 6.07) is 12.1. The number of rotatable bonds is 4. The summed E-state index contributed by atoms with van der Waals surface area (Å²) < 4.78 is 22.9. The van der Waals surface area contributed by atoms with E-state index in [1.807, 2.05) is 18.2 Å². The molecule has 152 valence electrons. The van der Waals surface area contributed by atoms with Gasteiger partial charge < -0.3 is 10.2 Å². The molecule has 2 heterocycles. The zero-order chi connectivity index (χ0) is 20.6. The standard InChI is InChI=1S/C20H23N5O3S/c1-25-10-8-14(9-11-25)20(26)22-19-17-12-15(4-7-18(17)23-24-19)13-2-5-16(6-3-13)29(21,27)28/h2-7,12,14H,8-11H2,1H3,(H2,21,27,28)(H2,22,23,24,26). The van der Waals surface area contributed by atoms with Crippen molar-refractivity contribution < 1.29 is 13.2 Å². The second-order valence-electron chi connectivity index (χ2n) is 7.47. The number of amides is 1. The molecule has 0 bridgehead atoms. The molecule has 1 saturated heterocycles. The predicted molar refractivity (Wildman–Crippen MR) is 112 cm³/mol. The Kier molecular flexibility index (Phi) is 5.12. The number of carbonyl (C=O) groups excluding carboxylic acids is 1. The molecule has 1 amide bonds. The number of hydrogen-bond donors (Lipinski definition) is 3. The van der Waals surface area contributed by atoms with Crippen molar-refractivity contribution in [2.45, 2.75) is 17.7 Å². The Morgan fingerprint density at radius 2 is 1.79 bits per heavy atom. The maximum Gasteiger partial charge on any atom is 0.238 e. The molecule has 0 radical (unpaired) electrons. The summed E-state index contributed by atoms with van der Waals surface area (Å²) in [5, 5.41) is 16.1. The molecule has 2 aromatic carbocycles. The van der Waals surface area contributed by atoms with Crippen molar-refractivity contribution in [2.24, 2.45) is 11.1 Å². The lowest BCUT2D eigenvalue weighted by molar-refractivity contribution is -0.121. The molecule has 0 spiro atoms. The largest absolute Gasteiger partial charge is 0.308 e. The molecular weight excluding hydrogens is 390 g/mol. The number of piperidine rings is 1. The van der Waals surface area contributed by atoms with Gasteiger partial charge in [-0.15, -0.1) is 0 Å². The number of anilines is 1. The topological polar surface area (TPSA) is 121 Å². The molecule has 0 unspecified atom stereocenters. The highest BCUT2D eigenvalue weighted by atomic mass is 32.2. The number of nitrogens with zero attached hydrogens (tertiary/aromatic N) is 2. The summed E-state index contributed by atoms with van der Waals surface area (Å²) in [6.07, 6.45) is 1.68. The molecule has 1 fully saturated rings. The summed E-state index contributed by atoms with van der Waals surface area (Å²) in [5.41, 5.74) is 2.54. The van der Waals surface area contributed by atoms with E-state index in [9.17, 15) is 13.2 Å². The highest BCUT2D eigenvalue weighted by Crippen LogP contribution is 2.29. The number of nitrogens with one attached hydrogen (secondary N) is 2. The molecule has 9 heteroatoms. The maximum atomic E-state index is 12.6. The van der Waals surface area contributed by atoms with E-state index >= 15 is 0 Å². The minimum Gasteiger partial charge on any atom is -0.308 e. The number of H-pyrrole nitrogens is 1. The molecule has 4 rings (SSSR count). The van der Waals surface area contributed by atoms with Gasteiger partial charge in [0.15, 0.2) is 5.82 Å². The SMILES string of the molecule is CN1CCC(C(=O)Nc2n[nH]c3ccc(-c4ccc(S(N)(=O)=O)cc4)cc23)CC1. The highest BCUT2D eigenvalue weighted by molar-refractivity contribution is 7.89. The molecule has 0 aliphatic carbocycles. The van der Waals surface area contributed by atoms with Crippen LogP contribution in [-0.4, -0.2) is 49.6 Å². The van der Waals surface area contributed by atoms with Crippen LogP contribution in [0.3, 0.4) is 0 Å². The van der Waals surface area contributed by atoms with Gasteiger partial charge in [0.25, 0.3) is 0 Å². The van der Waals surface area contributed by atoms with Crippen LogP contribution in [0.15, 0.2) is 47.4 Å². The Hall–Kier alpha value is -2.75. The van der Waals surface area contributed by atoms with E-state index in [0.717, 1.165) is 48.0 Å². The van der Waals surface area contributed by atoms with Gasteiger partial charge in [-0.05, 0) is 68.4 Å². The van der Waals surface area contributed by atoms with Crippen molar-refractivity contribution in [2.75, 3.05) is 25.5 Å². The third kappa shape index (κ3) is 4.16. The molecule has 3 aromatic rings. The van der Waals surface area contributed by atoms with Crippen molar-refractivity contribution >= 4 is 32.7 Å². The van der Waals surface area contributed by atoms with E-state index in [2.05, 4.69) is 27.5 Å². The number of benzene rings is 2. The summed E-state index contributed by atoms with van der Waals surface area (Å²) in [7, 11) is -1.67. The summed E-state index contributed by atoms with van der Waals surface area (Å²) in [5.74, 6) is 0.494. The molecule has 1 aromatic heterocycles. The Labute approximate surface area is 169 Å². The van der Waals surface area contributed by atoms with E-state index < -0.39 is 10.0 Å². The van der Waals surface area contributed by atoms with Crippen LogP contribution in [0, 0.1) is 5.92 Å². The molecule has 8 nitrogen and oxygen atoms in total. The molecule has 0 atom stereocenters. The third-order valence-electron chi connectivity index (χ3n) is 5.41. The van der Waals surface area contributed by atoms with Crippen LogP contribution < -0.4 is 10.5 Å². The second kappa shape index (κ2) is 7.58. The first-order valence-corrected chi connectivity index (χ1v) is 11.0. The Morgan fingerprint density at radius 3 is 2.45 bits per heavy atom. The number of aromatic nitrogens is 2. The van der Waals surface area contributed by atoms with Crippen molar-refractivity contribution in [3.63, 3.8) is 0 Å². The van der Waals surface area contributed by atoms with Crippen LogP contribution in [0.1, 0.15) is 12.8 Å². The number of nitrogens with two attached hydrogens (primary N) is 1. The van der Waals surface area contributed by atoms with Crippen molar-refractivity contribution in [1.29, 1.82) is 0 Å². The number of fused-ring (bicyclic) bond motifs is 1. The van der Waals surface area contributed by atoms with Gasteiger partial charge in [0, 0.05) is 11.3 Å². The summed E-state index contributed by atoms with van der Waals surface area (Å²) in [4.78, 5) is 14.9. The van der Waals surface area contributed by atoms with E-state index in [-0.39, 0.29) is 16.7 Å². The Balaban J connectivity index is 1.58. The highest BCUT2D eigenvalue weighted by Gasteiger charge is 2.24. The fourth-order valence-electron chi connectivity index (χ4n) is 3.62. The van der Waals surface area contributed by atoms with Gasteiger partial charge in [-0.3, -0.25) is 9.89 Å². The first kappa shape index (κ1) is 19.6. The normalized spacial score (nSPS) is 16.2. The Bertz CT molecular complexity index is 1150. The van der Waals surface area contributed by atoms with Gasteiger partial charge >= 0.3 is 0 Å². The lowest BCUT2D eigenvalue weighted by Gasteiger charge is -2.27. The lowest BCUT2D eigenvalue weighted by atomic mass is 9.96. The van der Waals surface area contributed by atoms with Crippen LogP contribution in [0.4, 0.5) is 5.82 Å². The fourth-order valence-corrected chi connectivity index (χ4v) is 4.13. The third-order valence-corrected chi connectivity index (χ3v) is 6.34. The van der Waals surface area contributed by atoms with E-state index in [1.54, 1.807) is 12.1 Å². The lowest BCUT2D eigenvalue weighted by Crippen LogP contribution is -2.36. The van der Waals surface area contributed by atoms with Crippen molar-refractivity contribution in [1.82, 2.24) is 15.1 Å². The Morgan fingerprint density at radius 1 is 1.14 bits per heavy atom. The fraction of sp³-hybridized carbons (Fsp3) is 0.300. The minimum atomic E-state index is -3.73. The molecule has 29 heavy (non-hydrogen) atoms. The number of primary sulfonamides is 1. The smallest absolute Gasteiger partial charge is 0.238 e. The van der Waals surface area contributed by atoms with Crippen LogP contribution in [0.5, 0.6) is 0 Å². The van der Waals surface area contributed by atoms with E-state index in [4.69, 9.17) is 5.14 Å². The number of likely N-dealkylation sites (tertiary alicyclic amines) is 1. The zero-order valence-electron chi connectivity index (χ0n) is 16.1. The van der Waals surface area contributed by atoms with E-state index in [1.165, 1.54) is 12.1 Å². The number of aromatic amines is 1. The van der Waals surface area contributed by atoms with Crippen LogP contribution in [0.2, 0.25) is 0 Å². The quantitative estimate of drug-likeness (QED) is 0.605. The zero-order valence-corrected chi connectivity index (χ0v) is 16.9. The van der Waals surface area contributed by atoms with Gasteiger partial charge in [0.05, 0.1) is 10.4 Å². The van der Waals surface area contributed by atoms with Crippen molar-refractivity contribution in [3.05, 3.63) is 42.5 Å². The van der Waals surface area contributed by atoms with Gasteiger partial charge in [-0.1, -0.05) is 18.2 Å². The second-order valence-corrected chi connectivity index (χ2v) is 9.03. The summed E-state index contributed by atoms with van der Waals surface area (Å²) >= 11 is 0. The monoisotopic (exact) mass is 413 g/mol. The molecule has 1 aliphatic heterocycles. The minimum absolute atomic E-state index is 0.00518. The van der Waals surface area contributed by atoms with Crippen molar-refractivity contribution in [3.8, 4) is 11.1 Å². The molecule has 0 saturated carbocycles. The van der Waals surface area contributed by atoms with Crippen LogP contribution in [0.25, 0.3) is 22.0 Å². The first-order chi connectivity index (χ1) is 13.8. The first-order valence-electron chi connectivity index (χ1n) is 9.42. The average Bonchev–Trinajstić information content (AvgIpc) is 3.10. The number of hydrogen-bond acceptors (Lipinski definition) is 5. The van der Waals surface area contributed by atoms with Crippen LogP contribution in [-0.2, 0) is 14.8 Å². The van der Waals surface area contributed by atoms with Gasteiger partial charge in [-0.25, -0.2) is 13.6 Å². The van der Waals surface area contributed by atoms with Gasteiger partial charge in [-0.2, -0.15) is 5.10 Å².